The van der Waals surface area contributed by atoms with Crippen LogP contribution in [0.1, 0.15) is 6.42 Å². The second-order valence-corrected chi connectivity index (χ2v) is 3.21. The molecule has 0 heterocycles. The van der Waals surface area contributed by atoms with Crippen molar-refractivity contribution in [2.24, 2.45) is 5.73 Å². The lowest BCUT2D eigenvalue weighted by molar-refractivity contribution is -0.147. The Morgan fingerprint density at radius 2 is 2.27 bits per heavy atom. The molecule has 0 aromatic rings. The van der Waals surface area contributed by atoms with E-state index in [1.54, 1.807) is 11.8 Å². The molecular formula is C6H13NO3S. The van der Waals surface area contributed by atoms with E-state index in [9.17, 15) is 4.79 Å². The monoisotopic (exact) mass is 179 g/mol. The first-order chi connectivity index (χ1) is 5.09. The molecule has 0 saturated carbocycles. The van der Waals surface area contributed by atoms with Gasteiger partial charge in [0.2, 0.25) is 0 Å². The fraction of sp³-hybridized carbons (Fsp3) is 0.833. The Balaban J connectivity index is 3.63. The molecule has 0 aliphatic carbocycles. The number of nitrogens with two attached hydrogens (primary N) is 1. The van der Waals surface area contributed by atoms with Crippen LogP contribution in [0.4, 0.5) is 0 Å². The van der Waals surface area contributed by atoms with Gasteiger partial charge in [-0.25, -0.2) is 4.79 Å². The number of hydrogen-bond donors (Lipinski definition) is 3. The molecule has 5 heteroatoms. The molecule has 0 saturated heterocycles. The van der Waals surface area contributed by atoms with Crippen molar-refractivity contribution >= 4 is 17.7 Å². The second-order valence-electron chi connectivity index (χ2n) is 2.23. The van der Waals surface area contributed by atoms with Crippen molar-refractivity contribution in [3.63, 3.8) is 0 Å². The number of aliphatic carboxylic acids is 1. The number of aliphatic hydroxyl groups excluding tert-OH is 1. The molecule has 0 radical (unpaired) electrons. The van der Waals surface area contributed by atoms with Crippen molar-refractivity contribution in [1.82, 2.24) is 0 Å². The van der Waals surface area contributed by atoms with E-state index in [1.165, 1.54) is 0 Å². The van der Waals surface area contributed by atoms with Gasteiger partial charge >= 0.3 is 5.97 Å². The van der Waals surface area contributed by atoms with Crippen molar-refractivity contribution in [2.75, 3.05) is 12.0 Å². The van der Waals surface area contributed by atoms with Gasteiger partial charge in [0.05, 0.1) is 0 Å². The number of aliphatic hydroxyl groups is 1. The quantitative estimate of drug-likeness (QED) is 0.530. The zero-order chi connectivity index (χ0) is 8.85. The zero-order valence-electron chi connectivity index (χ0n) is 6.36. The third-order valence-corrected chi connectivity index (χ3v) is 1.96. The Hall–Kier alpha value is -0.260. The van der Waals surface area contributed by atoms with Crippen molar-refractivity contribution < 1.29 is 15.0 Å². The molecule has 4 nitrogen and oxygen atoms in total. The lowest BCUT2D eigenvalue weighted by atomic mass is 10.1. The van der Waals surface area contributed by atoms with E-state index < -0.39 is 18.1 Å². The molecule has 0 spiro atoms. The number of carboxylic acids is 1. The minimum Gasteiger partial charge on any atom is -0.479 e. The van der Waals surface area contributed by atoms with Crippen LogP contribution >= 0.6 is 11.8 Å². The van der Waals surface area contributed by atoms with Crippen LogP contribution in [0.2, 0.25) is 0 Å². The molecule has 11 heavy (non-hydrogen) atoms. The first-order valence-electron chi connectivity index (χ1n) is 3.25. The van der Waals surface area contributed by atoms with Gasteiger partial charge in [0.25, 0.3) is 0 Å². The van der Waals surface area contributed by atoms with Gasteiger partial charge in [0.1, 0.15) is 0 Å². The van der Waals surface area contributed by atoms with Gasteiger partial charge in [-0.2, -0.15) is 11.8 Å². The van der Waals surface area contributed by atoms with E-state index in [0.29, 0.717) is 6.42 Å². The Morgan fingerprint density at radius 1 is 1.73 bits per heavy atom. The summed E-state index contributed by atoms with van der Waals surface area (Å²) in [5.41, 5.74) is 5.36. The van der Waals surface area contributed by atoms with Crippen LogP contribution in [0.25, 0.3) is 0 Å². The molecule has 0 aliphatic heterocycles. The standard InChI is InChI=1S/C6H13NO3S/c1-11-3-2-4(7)5(8)6(9)10/h4-5,8H,2-3,7H2,1H3,(H,9,10). The molecule has 66 valence electrons. The lowest BCUT2D eigenvalue weighted by Gasteiger charge is -2.13. The van der Waals surface area contributed by atoms with Crippen LogP contribution in [0.5, 0.6) is 0 Å². The summed E-state index contributed by atoms with van der Waals surface area (Å²) >= 11 is 1.58. The largest absolute Gasteiger partial charge is 0.479 e. The summed E-state index contributed by atoms with van der Waals surface area (Å²) in [4.78, 5) is 10.2. The van der Waals surface area contributed by atoms with Crippen molar-refractivity contribution in [1.29, 1.82) is 0 Å². The molecule has 4 N–H and O–H groups in total. The van der Waals surface area contributed by atoms with Crippen LogP contribution in [-0.2, 0) is 4.79 Å². The summed E-state index contributed by atoms with van der Waals surface area (Å²) in [6.07, 6.45) is 0.997. The Labute approximate surface area is 69.8 Å². The highest BCUT2D eigenvalue weighted by atomic mass is 32.2. The molecule has 0 rings (SSSR count). The predicted molar refractivity (Wildman–Crippen MR) is 44.6 cm³/mol. The van der Waals surface area contributed by atoms with E-state index in [0.717, 1.165) is 5.75 Å². The van der Waals surface area contributed by atoms with Crippen LogP contribution in [-0.4, -0.2) is 40.3 Å². The number of hydrogen-bond acceptors (Lipinski definition) is 4. The summed E-state index contributed by atoms with van der Waals surface area (Å²) < 4.78 is 0. The Morgan fingerprint density at radius 3 is 2.64 bits per heavy atom. The molecule has 2 unspecified atom stereocenters. The van der Waals surface area contributed by atoms with E-state index in [-0.39, 0.29) is 0 Å². The topological polar surface area (TPSA) is 83.5 Å². The van der Waals surface area contributed by atoms with Gasteiger partial charge in [0, 0.05) is 6.04 Å². The molecular weight excluding hydrogens is 166 g/mol. The van der Waals surface area contributed by atoms with Gasteiger partial charge in [-0.3, -0.25) is 0 Å². The van der Waals surface area contributed by atoms with E-state index in [1.807, 2.05) is 6.26 Å². The highest BCUT2D eigenvalue weighted by Crippen LogP contribution is 2.02. The molecule has 0 bridgehead atoms. The first-order valence-corrected chi connectivity index (χ1v) is 4.64. The third kappa shape index (κ3) is 4.23. The Bertz CT molecular complexity index is 131. The predicted octanol–water partition coefficient (Wildman–Crippen LogP) is -0.488. The van der Waals surface area contributed by atoms with Gasteiger partial charge in [-0.05, 0) is 18.4 Å². The number of carboxylic acid groups (broad SMARTS) is 1. The third-order valence-electron chi connectivity index (χ3n) is 1.31. The van der Waals surface area contributed by atoms with Crippen LogP contribution in [0.15, 0.2) is 0 Å². The van der Waals surface area contributed by atoms with Gasteiger partial charge in [-0.15, -0.1) is 0 Å². The number of carbonyl (C=O) groups is 1. The molecule has 0 aromatic carbocycles. The van der Waals surface area contributed by atoms with Crippen LogP contribution in [0, 0.1) is 0 Å². The van der Waals surface area contributed by atoms with Crippen molar-refractivity contribution in [2.45, 2.75) is 18.6 Å². The average molecular weight is 179 g/mol. The average Bonchev–Trinajstić information content (AvgIpc) is 1.98. The smallest absolute Gasteiger partial charge is 0.334 e. The molecule has 0 aliphatic rings. The second kappa shape index (κ2) is 5.40. The van der Waals surface area contributed by atoms with Gasteiger partial charge in [-0.1, -0.05) is 0 Å². The number of rotatable bonds is 5. The highest BCUT2D eigenvalue weighted by molar-refractivity contribution is 7.98. The minimum atomic E-state index is -1.43. The normalized spacial score (nSPS) is 15.9. The van der Waals surface area contributed by atoms with Crippen LogP contribution in [0.3, 0.4) is 0 Å². The van der Waals surface area contributed by atoms with Crippen molar-refractivity contribution in [3.05, 3.63) is 0 Å². The lowest BCUT2D eigenvalue weighted by Crippen LogP contribution is -2.40. The Kier molecular flexibility index (Phi) is 5.27. The minimum absolute atomic E-state index is 0.522. The maximum Gasteiger partial charge on any atom is 0.334 e. The molecule has 0 aromatic heterocycles. The summed E-state index contributed by atoms with van der Waals surface area (Å²) in [5.74, 6) is -0.482. The van der Waals surface area contributed by atoms with Crippen molar-refractivity contribution in [3.8, 4) is 0 Å². The molecule has 0 fully saturated rings. The summed E-state index contributed by atoms with van der Waals surface area (Å²) in [6.45, 7) is 0. The van der Waals surface area contributed by atoms with E-state index >= 15 is 0 Å². The number of thioether (sulfide) groups is 1. The fourth-order valence-corrected chi connectivity index (χ4v) is 1.10. The van der Waals surface area contributed by atoms with Gasteiger partial charge < -0.3 is 15.9 Å². The summed E-state index contributed by atoms with van der Waals surface area (Å²) in [5, 5.41) is 17.2. The maximum atomic E-state index is 10.2. The summed E-state index contributed by atoms with van der Waals surface area (Å²) in [6, 6.07) is -0.653. The van der Waals surface area contributed by atoms with Gasteiger partial charge in [0.15, 0.2) is 6.10 Å². The van der Waals surface area contributed by atoms with E-state index in [2.05, 4.69) is 0 Å². The fourth-order valence-electron chi connectivity index (χ4n) is 0.595. The summed E-state index contributed by atoms with van der Waals surface area (Å²) in [7, 11) is 0. The van der Waals surface area contributed by atoms with Crippen LogP contribution < -0.4 is 5.73 Å². The molecule has 0 amide bonds. The first kappa shape index (κ1) is 10.7. The molecule has 2 atom stereocenters. The highest BCUT2D eigenvalue weighted by Gasteiger charge is 2.20. The zero-order valence-corrected chi connectivity index (χ0v) is 7.17. The van der Waals surface area contributed by atoms with E-state index in [4.69, 9.17) is 15.9 Å². The maximum absolute atomic E-state index is 10.2. The SMILES string of the molecule is CSCCC(N)C(O)C(=O)O.